The predicted octanol–water partition coefficient (Wildman–Crippen LogP) is 2.65. The molecule has 0 saturated carbocycles. The second kappa shape index (κ2) is 5.10. The Morgan fingerprint density at radius 2 is 1.94 bits per heavy atom. The van der Waals surface area contributed by atoms with Crippen LogP contribution in [0.5, 0.6) is 0 Å². The molecule has 0 unspecified atom stereocenters. The summed E-state index contributed by atoms with van der Waals surface area (Å²) in [4.78, 5) is 19.4. The summed E-state index contributed by atoms with van der Waals surface area (Å²) in [5.74, 6) is -0.196. The summed E-state index contributed by atoms with van der Waals surface area (Å²) in [6.07, 6.45) is 0. The molecule has 2 N–H and O–H groups in total. The molecule has 7 heteroatoms. The van der Waals surface area contributed by atoms with Gasteiger partial charge in [-0.1, -0.05) is 23.2 Å². The molecule has 0 aromatic carbocycles. The third-order valence-electron chi connectivity index (χ3n) is 1.99. The van der Waals surface area contributed by atoms with Crippen molar-refractivity contribution >= 4 is 40.3 Å². The Morgan fingerprint density at radius 3 is 2.53 bits per heavy atom. The van der Waals surface area contributed by atoms with Crippen LogP contribution in [0, 0.1) is 0 Å². The lowest BCUT2D eigenvalue weighted by atomic mass is 10.3. The monoisotopic (exact) mass is 287 g/mol. The fourth-order valence-corrected chi connectivity index (χ4v) is 2.50. The highest BCUT2D eigenvalue weighted by Gasteiger charge is 2.11. The summed E-state index contributed by atoms with van der Waals surface area (Å²) in [5.41, 5.74) is 6.35. The number of hydrogen-bond donors (Lipinski definition) is 1. The normalized spacial score (nSPS) is 10.5. The third-order valence-corrected chi connectivity index (χ3v) is 3.26. The minimum atomic E-state index is -0.196. The molecule has 0 aliphatic rings. The highest BCUT2D eigenvalue weighted by Crippen LogP contribution is 2.27. The van der Waals surface area contributed by atoms with E-state index in [1.807, 2.05) is 0 Å². The summed E-state index contributed by atoms with van der Waals surface area (Å²) in [6, 6.07) is 3.28. The molecule has 0 fully saturated rings. The van der Waals surface area contributed by atoms with Crippen LogP contribution in [0.15, 0.2) is 17.5 Å². The van der Waals surface area contributed by atoms with Crippen molar-refractivity contribution in [3.8, 4) is 10.6 Å². The Morgan fingerprint density at radius 1 is 1.29 bits per heavy atom. The van der Waals surface area contributed by atoms with Crippen molar-refractivity contribution in [2.45, 2.75) is 0 Å². The van der Waals surface area contributed by atoms with Crippen molar-refractivity contribution in [3.05, 3.63) is 33.5 Å². The van der Waals surface area contributed by atoms with E-state index in [2.05, 4.69) is 9.97 Å². The molecule has 17 heavy (non-hydrogen) atoms. The maximum Gasteiger partial charge on any atom is 0.195 e. The molecule has 2 heterocycles. The van der Waals surface area contributed by atoms with Gasteiger partial charge in [0, 0.05) is 10.9 Å². The first-order chi connectivity index (χ1) is 8.10. The predicted molar refractivity (Wildman–Crippen MR) is 68.7 cm³/mol. The molecule has 2 aromatic heterocycles. The fourth-order valence-electron chi connectivity index (χ4n) is 1.23. The van der Waals surface area contributed by atoms with E-state index in [1.54, 1.807) is 17.5 Å². The zero-order valence-electron chi connectivity index (χ0n) is 8.48. The minimum Gasteiger partial charge on any atom is -0.324 e. The molecule has 0 amide bonds. The van der Waals surface area contributed by atoms with Gasteiger partial charge in [-0.05, 0) is 12.1 Å². The maximum atomic E-state index is 11.3. The van der Waals surface area contributed by atoms with Crippen LogP contribution in [0.4, 0.5) is 0 Å². The molecular weight excluding hydrogens is 281 g/mol. The molecule has 4 nitrogen and oxygen atoms in total. The number of carbonyl (C=O) groups excluding carboxylic acids is 1. The van der Waals surface area contributed by atoms with Gasteiger partial charge >= 0.3 is 0 Å². The van der Waals surface area contributed by atoms with Crippen LogP contribution >= 0.6 is 34.5 Å². The molecule has 0 aliphatic carbocycles. The molecule has 2 rings (SSSR count). The van der Waals surface area contributed by atoms with Crippen LogP contribution in [0.2, 0.25) is 10.3 Å². The van der Waals surface area contributed by atoms with E-state index in [9.17, 15) is 4.79 Å². The van der Waals surface area contributed by atoms with Gasteiger partial charge in [-0.3, -0.25) is 4.79 Å². The first-order valence-electron chi connectivity index (χ1n) is 4.62. The molecule has 0 aliphatic heterocycles. The molecule has 88 valence electrons. The molecule has 0 saturated heterocycles. The van der Waals surface area contributed by atoms with Crippen LogP contribution in [0.25, 0.3) is 10.6 Å². The Labute approximate surface area is 111 Å². The Bertz CT molecular complexity index is 550. The van der Waals surface area contributed by atoms with Gasteiger partial charge in [0.1, 0.15) is 21.0 Å². The lowest BCUT2D eigenvalue weighted by molar-refractivity contribution is 0.0997. The van der Waals surface area contributed by atoms with Crippen LogP contribution in [-0.4, -0.2) is 22.3 Å². The SMILES string of the molecule is NCC(=O)c1csc(-c2cc(Cl)nc(Cl)c2)n1. The van der Waals surface area contributed by atoms with Gasteiger partial charge in [0.2, 0.25) is 0 Å². The van der Waals surface area contributed by atoms with E-state index < -0.39 is 0 Å². The van der Waals surface area contributed by atoms with E-state index >= 15 is 0 Å². The number of nitrogens with two attached hydrogens (primary N) is 1. The molecule has 0 bridgehead atoms. The average Bonchev–Trinajstić information content (AvgIpc) is 2.76. The van der Waals surface area contributed by atoms with Gasteiger partial charge in [0.15, 0.2) is 5.78 Å². The zero-order valence-corrected chi connectivity index (χ0v) is 10.8. The fraction of sp³-hybridized carbons (Fsp3) is 0.100. The van der Waals surface area contributed by atoms with Crippen molar-refractivity contribution < 1.29 is 4.79 Å². The number of aromatic nitrogens is 2. The van der Waals surface area contributed by atoms with Gasteiger partial charge in [-0.2, -0.15) is 0 Å². The number of thiazole rings is 1. The first-order valence-corrected chi connectivity index (χ1v) is 6.26. The number of hydrogen-bond acceptors (Lipinski definition) is 5. The summed E-state index contributed by atoms with van der Waals surface area (Å²) in [6.45, 7) is -0.0545. The van der Waals surface area contributed by atoms with Crippen LogP contribution in [0.1, 0.15) is 10.5 Å². The largest absolute Gasteiger partial charge is 0.324 e. The highest BCUT2D eigenvalue weighted by atomic mass is 35.5. The molecule has 0 spiro atoms. The Kier molecular flexibility index (Phi) is 3.73. The molecular formula is C10H7Cl2N3OS. The second-order valence-electron chi connectivity index (χ2n) is 3.17. The third kappa shape index (κ3) is 2.81. The number of Topliss-reactive ketones (excluding diaryl/α,β-unsaturated/α-hetero) is 1. The van der Waals surface area contributed by atoms with E-state index in [0.717, 1.165) is 5.56 Å². The maximum absolute atomic E-state index is 11.3. The minimum absolute atomic E-state index is 0.0545. The lowest BCUT2D eigenvalue weighted by Crippen LogP contribution is -2.13. The Balaban J connectivity index is 2.40. The van der Waals surface area contributed by atoms with Crippen molar-refractivity contribution in [2.75, 3.05) is 6.54 Å². The van der Waals surface area contributed by atoms with Crippen molar-refractivity contribution in [1.82, 2.24) is 9.97 Å². The molecule has 0 atom stereocenters. The van der Waals surface area contributed by atoms with Gasteiger partial charge in [0.05, 0.1) is 6.54 Å². The standard InChI is InChI=1S/C10H7Cl2N3OS/c11-8-1-5(2-9(12)15-8)10-14-6(4-17-10)7(16)3-13/h1-2,4H,3,13H2. The first kappa shape index (κ1) is 12.4. The number of pyridine rings is 1. The number of ketones is 1. The number of rotatable bonds is 3. The Hall–Kier alpha value is -1.01. The van der Waals surface area contributed by atoms with E-state index in [0.29, 0.717) is 10.7 Å². The summed E-state index contributed by atoms with van der Waals surface area (Å²) in [7, 11) is 0. The van der Waals surface area contributed by atoms with E-state index in [-0.39, 0.29) is 22.6 Å². The van der Waals surface area contributed by atoms with Gasteiger partial charge < -0.3 is 5.73 Å². The van der Waals surface area contributed by atoms with Crippen LogP contribution < -0.4 is 5.73 Å². The quantitative estimate of drug-likeness (QED) is 0.696. The van der Waals surface area contributed by atoms with Crippen LogP contribution in [-0.2, 0) is 0 Å². The number of carbonyl (C=O) groups is 1. The van der Waals surface area contributed by atoms with Crippen molar-refractivity contribution in [3.63, 3.8) is 0 Å². The van der Waals surface area contributed by atoms with Gasteiger partial charge in [-0.15, -0.1) is 11.3 Å². The summed E-state index contributed by atoms with van der Waals surface area (Å²) >= 11 is 12.9. The summed E-state index contributed by atoms with van der Waals surface area (Å²) < 4.78 is 0. The van der Waals surface area contributed by atoms with Crippen LogP contribution in [0.3, 0.4) is 0 Å². The van der Waals surface area contributed by atoms with E-state index in [1.165, 1.54) is 11.3 Å². The molecule has 2 aromatic rings. The highest BCUT2D eigenvalue weighted by molar-refractivity contribution is 7.13. The van der Waals surface area contributed by atoms with Crippen molar-refractivity contribution in [2.24, 2.45) is 5.73 Å². The lowest BCUT2D eigenvalue weighted by Gasteiger charge is -1.98. The number of nitrogens with zero attached hydrogens (tertiary/aromatic N) is 2. The van der Waals surface area contributed by atoms with E-state index in [4.69, 9.17) is 28.9 Å². The van der Waals surface area contributed by atoms with Gasteiger partial charge in [-0.25, -0.2) is 9.97 Å². The average molecular weight is 288 g/mol. The van der Waals surface area contributed by atoms with Crippen molar-refractivity contribution in [1.29, 1.82) is 0 Å². The molecule has 0 radical (unpaired) electrons. The topological polar surface area (TPSA) is 68.9 Å². The van der Waals surface area contributed by atoms with Gasteiger partial charge in [0.25, 0.3) is 0 Å². The second-order valence-corrected chi connectivity index (χ2v) is 4.80. The number of halogens is 2. The zero-order chi connectivity index (χ0) is 12.4. The summed E-state index contributed by atoms with van der Waals surface area (Å²) in [5, 5.41) is 2.89. The smallest absolute Gasteiger partial charge is 0.195 e.